The van der Waals surface area contributed by atoms with Crippen LogP contribution in [0.3, 0.4) is 0 Å². The Morgan fingerprint density at radius 1 is 1.67 bits per heavy atom. The lowest BCUT2D eigenvalue weighted by molar-refractivity contribution is -0.121. The molecular formula is C10H18N4O. The summed E-state index contributed by atoms with van der Waals surface area (Å²) in [6.45, 7) is 2.54. The second kappa shape index (κ2) is 6.19. The molecule has 0 saturated heterocycles. The Balaban J connectivity index is 2.26. The Morgan fingerprint density at radius 3 is 3.07 bits per heavy atom. The topological polar surface area (TPSA) is 83.8 Å². The van der Waals surface area contributed by atoms with E-state index in [1.165, 1.54) is 0 Å². The Labute approximate surface area is 89.5 Å². The van der Waals surface area contributed by atoms with Crippen molar-refractivity contribution in [2.24, 2.45) is 5.73 Å². The van der Waals surface area contributed by atoms with Crippen LogP contribution in [-0.4, -0.2) is 22.4 Å². The molecule has 1 amide bonds. The fraction of sp³-hybridized carbons (Fsp3) is 0.600. The van der Waals surface area contributed by atoms with Gasteiger partial charge >= 0.3 is 0 Å². The van der Waals surface area contributed by atoms with Gasteiger partial charge in [0.1, 0.15) is 5.82 Å². The minimum absolute atomic E-state index is 0.0485. The first-order valence-electron chi connectivity index (χ1n) is 5.22. The van der Waals surface area contributed by atoms with E-state index in [-0.39, 0.29) is 11.9 Å². The zero-order valence-corrected chi connectivity index (χ0v) is 8.99. The van der Waals surface area contributed by atoms with E-state index in [9.17, 15) is 4.79 Å². The fourth-order valence-electron chi connectivity index (χ4n) is 1.33. The highest BCUT2D eigenvalue weighted by Crippen LogP contribution is 2.05. The maximum Gasteiger partial charge on any atom is 0.220 e. The van der Waals surface area contributed by atoms with E-state index in [0.717, 1.165) is 18.7 Å². The molecule has 0 aliphatic carbocycles. The molecule has 5 nitrogen and oxygen atoms in total. The molecule has 1 heterocycles. The number of carbonyl (C=O) groups excluding carboxylic acids is 1. The van der Waals surface area contributed by atoms with E-state index in [2.05, 4.69) is 15.3 Å². The van der Waals surface area contributed by atoms with Crippen LogP contribution in [0.1, 0.15) is 38.1 Å². The van der Waals surface area contributed by atoms with E-state index in [4.69, 9.17) is 5.73 Å². The van der Waals surface area contributed by atoms with Gasteiger partial charge in [0.25, 0.3) is 0 Å². The highest BCUT2D eigenvalue weighted by Gasteiger charge is 2.10. The average molecular weight is 210 g/mol. The van der Waals surface area contributed by atoms with Crippen molar-refractivity contribution in [3.05, 3.63) is 18.2 Å². The van der Waals surface area contributed by atoms with Crippen molar-refractivity contribution < 1.29 is 4.79 Å². The van der Waals surface area contributed by atoms with Gasteiger partial charge in [0, 0.05) is 18.8 Å². The smallest absolute Gasteiger partial charge is 0.220 e. The van der Waals surface area contributed by atoms with Crippen LogP contribution in [0.25, 0.3) is 0 Å². The molecule has 0 bridgehead atoms. The Hall–Kier alpha value is -1.36. The van der Waals surface area contributed by atoms with E-state index in [1.54, 1.807) is 12.4 Å². The molecular weight excluding hydrogens is 192 g/mol. The predicted octanol–water partition coefficient (Wildman–Crippen LogP) is 0.716. The maximum absolute atomic E-state index is 11.4. The number of imidazole rings is 1. The second-order valence-electron chi connectivity index (χ2n) is 3.51. The first-order chi connectivity index (χ1) is 7.24. The highest BCUT2D eigenvalue weighted by molar-refractivity contribution is 5.76. The van der Waals surface area contributed by atoms with E-state index in [1.807, 2.05) is 6.92 Å². The van der Waals surface area contributed by atoms with Crippen molar-refractivity contribution in [2.45, 2.75) is 32.2 Å². The van der Waals surface area contributed by atoms with Gasteiger partial charge in [-0.15, -0.1) is 0 Å². The normalized spacial score (nSPS) is 12.4. The number of aromatic amines is 1. The van der Waals surface area contributed by atoms with Crippen LogP contribution in [0.4, 0.5) is 0 Å². The van der Waals surface area contributed by atoms with Gasteiger partial charge in [-0.3, -0.25) is 4.79 Å². The van der Waals surface area contributed by atoms with Gasteiger partial charge in [-0.2, -0.15) is 0 Å². The van der Waals surface area contributed by atoms with Gasteiger partial charge in [0.2, 0.25) is 5.91 Å². The van der Waals surface area contributed by atoms with Crippen molar-refractivity contribution >= 4 is 5.91 Å². The number of hydrogen-bond donors (Lipinski definition) is 3. The summed E-state index contributed by atoms with van der Waals surface area (Å²) >= 11 is 0. The van der Waals surface area contributed by atoms with Crippen molar-refractivity contribution in [2.75, 3.05) is 6.54 Å². The lowest BCUT2D eigenvalue weighted by atomic mass is 10.2. The fourth-order valence-corrected chi connectivity index (χ4v) is 1.33. The first kappa shape index (κ1) is 11.7. The highest BCUT2D eigenvalue weighted by atomic mass is 16.1. The summed E-state index contributed by atoms with van der Waals surface area (Å²) in [7, 11) is 0. The second-order valence-corrected chi connectivity index (χ2v) is 3.51. The number of carbonyl (C=O) groups is 1. The summed E-state index contributed by atoms with van der Waals surface area (Å²) in [5.41, 5.74) is 5.35. The molecule has 0 radical (unpaired) electrons. The number of nitrogens with one attached hydrogen (secondary N) is 2. The molecule has 0 aliphatic heterocycles. The number of H-pyrrole nitrogens is 1. The maximum atomic E-state index is 11.4. The number of aromatic nitrogens is 2. The summed E-state index contributed by atoms with van der Waals surface area (Å²) in [6.07, 6.45) is 5.68. The molecule has 5 heteroatoms. The average Bonchev–Trinajstić information content (AvgIpc) is 2.70. The lowest BCUT2D eigenvalue weighted by Gasteiger charge is -2.10. The van der Waals surface area contributed by atoms with Gasteiger partial charge in [-0.1, -0.05) is 0 Å². The van der Waals surface area contributed by atoms with Crippen LogP contribution in [0.2, 0.25) is 0 Å². The van der Waals surface area contributed by atoms with Gasteiger partial charge in [0.05, 0.1) is 6.04 Å². The third-order valence-electron chi connectivity index (χ3n) is 2.16. The van der Waals surface area contributed by atoms with Crippen molar-refractivity contribution in [3.63, 3.8) is 0 Å². The zero-order chi connectivity index (χ0) is 11.1. The Kier molecular flexibility index (Phi) is 4.83. The van der Waals surface area contributed by atoms with Crippen LogP contribution in [0.5, 0.6) is 0 Å². The molecule has 0 aliphatic rings. The van der Waals surface area contributed by atoms with Crippen LogP contribution in [0, 0.1) is 0 Å². The third-order valence-corrected chi connectivity index (χ3v) is 2.16. The van der Waals surface area contributed by atoms with Crippen LogP contribution in [0.15, 0.2) is 12.4 Å². The predicted molar refractivity (Wildman–Crippen MR) is 58.1 cm³/mol. The van der Waals surface area contributed by atoms with E-state index in [0.29, 0.717) is 13.0 Å². The van der Waals surface area contributed by atoms with Crippen LogP contribution >= 0.6 is 0 Å². The number of nitrogens with two attached hydrogens (primary N) is 1. The summed E-state index contributed by atoms with van der Waals surface area (Å²) in [5.74, 6) is 0.828. The number of hydrogen-bond acceptors (Lipinski definition) is 3. The standard InChI is InChI=1S/C10H18N4O/c1-8(10-12-6-7-13-10)14-9(15)4-2-3-5-11/h6-8H,2-5,11H2,1H3,(H,12,13)(H,14,15). The van der Waals surface area contributed by atoms with Gasteiger partial charge in [-0.25, -0.2) is 4.98 Å². The van der Waals surface area contributed by atoms with Crippen molar-refractivity contribution in [1.82, 2.24) is 15.3 Å². The van der Waals surface area contributed by atoms with Crippen LogP contribution in [-0.2, 0) is 4.79 Å². The molecule has 15 heavy (non-hydrogen) atoms. The SMILES string of the molecule is CC(NC(=O)CCCCN)c1ncc[nH]1. The van der Waals surface area contributed by atoms with Gasteiger partial charge in [-0.05, 0) is 26.3 Å². The molecule has 84 valence electrons. The monoisotopic (exact) mass is 210 g/mol. The molecule has 4 N–H and O–H groups in total. The van der Waals surface area contributed by atoms with Crippen LogP contribution < -0.4 is 11.1 Å². The molecule has 0 saturated carbocycles. The molecule has 1 aromatic rings. The molecule has 1 atom stereocenters. The molecule has 1 rings (SSSR count). The number of rotatable bonds is 6. The largest absolute Gasteiger partial charge is 0.347 e. The minimum atomic E-state index is -0.0645. The molecule has 0 fully saturated rings. The summed E-state index contributed by atoms with van der Waals surface area (Å²) in [5, 5.41) is 2.87. The molecule has 1 unspecified atom stereocenters. The minimum Gasteiger partial charge on any atom is -0.347 e. The third kappa shape index (κ3) is 4.12. The molecule has 1 aromatic heterocycles. The number of unbranched alkanes of at least 4 members (excludes halogenated alkanes) is 1. The van der Waals surface area contributed by atoms with Gasteiger partial charge < -0.3 is 16.0 Å². The Morgan fingerprint density at radius 2 is 2.47 bits per heavy atom. The quantitative estimate of drug-likeness (QED) is 0.605. The van der Waals surface area contributed by atoms with E-state index >= 15 is 0 Å². The zero-order valence-electron chi connectivity index (χ0n) is 8.99. The van der Waals surface area contributed by atoms with Gasteiger partial charge in [0.15, 0.2) is 0 Å². The van der Waals surface area contributed by atoms with E-state index < -0.39 is 0 Å². The summed E-state index contributed by atoms with van der Waals surface area (Å²) < 4.78 is 0. The number of nitrogens with zero attached hydrogens (tertiary/aromatic N) is 1. The summed E-state index contributed by atoms with van der Waals surface area (Å²) in [6, 6.07) is -0.0645. The van der Waals surface area contributed by atoms with Crippen molar-refractivity contribution in [3.8, 4) is 0 Å². The lowest BCUT2D eigenvalue weighted by Crippen LogP contribution is -2.27. The first-order valence-corrected chi connectivity index (χ1v) is 5.22. The van der Waals surface area contributed by atoms with Crippen molar-refractivity contribution in [1.29, 1.82) is 0 Å². The summed E-state index contributed by atoms with van der Waals surface area (Å²) in [4.78, 5) is 18.5. The molecule has 0 spiro atoms. The number of amides is 1. The molecule has 0 aromatic carbocycles. The Bertz CT molecular complexity index is 284.